The van der Waals surface area contributed by atoms with Crippen molar-refractivity contribution in [1.29, 1.82) is 0 Å². The largest absolute Gasteiger partial charge is 0.477 e. The number of carboxylic acid groups (broad SMARTS) is 1. The number of nitrogens with one attached hydrogen (secondary N) is 1. The van der Waals surface area contributed by atoms with Crippen LogP contribution < -0.4 is 5.32 Å². The van der Waals surface area contributed by atoms with Crippen LogP contribution in [0.5, 0.6) is 0 Å². The van der Waals surface area contributed by atoms with Crippen molar-refractivity contribution in [2.45, 2.75) is 25.5 Å². The van der Waals surface area contributed by atoms with Gasteiger partial charge in [0.25, 0.3) is 0 Å². The monoisotopic (exact) mass is 337 g/mol. The molecule has 4 atom stereocenters. The second-order valence-corrected chi connectivity index (χ2v) is 7.37. The minimum atomic E-state index is -1.19. The van der Waals surface area contributed by atoms with E-state index in [0.29, 0.717) is 16.9 Å². The molecule has 1 unspecified atom stereocenters. The molecule has 3 rings (SSSR count). The quantitative estimate of drug-likeness (QED) is 0.562. The molecule has 2 aliphatic rings. The van der Waals surface area contributed by atoms with E-state index in [9.17, 15) is 24.6 Å². The smallest absolute Gasteiger partial charge is 0.456 e. The van der Waals surface area contributed by atoms with Crippen LogP contribution in [0.4, 0.5) is 4.79 Å². The van der Waals surface area contributed by atoms with Crippen LogP contribution in [0.2, 0.25) is 0 Å². The van der Waals surface area contributed by atoms with E-state index in [0.717, 1.165) is 0 Å². The van der Waals surface area contributed by atoms with Crippen molar-refractivity contribution in [3.8, 4) is 0 Å². The number of β-lactam (4-membered cyclic amide) rings is 1. The molecular formula is C15H17N2O5S+. The number of aliphatic hydroxyl groups is 1. The van der Waals surface area contributed by atoms with E-state index in [-0.39, 0.29) is 22.9 Å². The maximum absolute atomic E-state index is 12.2. The lowest BCUT2D eigenvalue weighted by Gasteiger charge is -2.44. The molecule has 7 nitrogen and oxygen atoms in total. The lowest BCUT2D eigenvalue weighted by Crippen LogP contribution is -2.61. The predicted octanol–water partition coefficient (Wildman–Crippen LogP) is 1.03. The summed E-state index contributed by atoms with van der Waals surface area (Å²) >= 11 is 0. The molecule has 0 spiro atoms. The van der Waals surface area contributed by atoms with Crippen molar-refractivity contribution in [3.63, 3.8) is 0 Å². The lowest BCUT2D eigenvalue weighted by atomic mass is 9.83. The molecular weight excluding hydrogens is 320 g/mol. The van der Waals surface area contributed by atoms with Gasteiger partial charge < -0.3 is 20.4 Å². The zero-order chi connectivity index (χ0) is 16.9. The third kappa shape index (κ3) is 2.17. The number of fused-ring (bicyclic) bond motifs is 1. The van der Waals surface area contributed by atoms with Gasteiger partial charge in [0.1, 0.15) is 11.1 Å². The van der Waals surface area contributed by atoms with Crippen molar-refractivity contribution in [2.24, 2.45) is 5.92 Å². The molecule has 1 aromatic heterocycles. The molecule has 2 aliphatic heterocycles. The van der Waals surface area contributed by atoms with Gasteiger partial charge >= 0.3 is 11.2 Å². The summed E-state index contributed by atoms with van der Waals surface area (Å²) in [7, 11) is 0.665. The average molecular weight is 337 g/mol. The van der Waals surface area contributed by atoms with Crippen LogP contribution in [0.25, 0.3) is 5.57 Å². The molecule has 0 radical (unpaired) electrons. The van der Waals surface area contributed by atoms with Crippen molar-refractivity contribution in [1.82, 2.24) is 10.2 Å². The summed E-state index contributed by atoms with van der Waals surface area (Å²) in [6, 6.07) is 3.11. The third-order valence-electron chi connectivity index (χ3n) is 4.33. The summed E-state index contributed by atoms with van der Waals surface area (Å²) in [5, 5.41) is 23.4. The summed E-state index contributed by atoms with van der Waals surface area (Å²) in [6.45, 7) is 1.53. The minimum Gasteiger partial charge on any atom is -0.477 e. The molecule has 3 N–H and O–H groups in total. The molecule has 0 aliphatic carbocycles. The molecule has 23 heavy (non-hydrogen) atoms. The first kappa shape index (κ1) is 15.7. The van der Waals surface area contributed by atoms with Crippen LogP contribution in [0.1, 0.15) is 18.2 Å². The van der Waals surface area contributed by atoms with Crippen LogP contribution in [0.3, 0.4) is 0 Å². The molecule has 1 saturated heterocycles. The predicted molar refractivity (Wildman–Crippen MR) is 83.8 cm³/mol. The Bertz CT molecular complexity index is 736. The van der Waals surface area contributed by atoms with Gasteiger partial charge in [-0.1, -0.05) is 0 Å². The van der Waals surface area contributed by atoms with Crippen molar-refractivity contribution in [2.75, 3.05) is 7.05 Å². The van der Waals surface area contributed by atoms with Gasteiger partial charge in [-0.2, -0.15) is 0 Å². The summed E-state index contributed by atoms with van der Waals surface area (Å²) in [5.74, 6) is -2.14. The molecule has 3 heterocycles. The number of amides is 2. The van der Waals surface area contributed by atoms with E-state index in [2.05, 4.69) is 5.32 Å². The van der Waals surface area contributed by atoms with Gasteiger partial charge in [-0.05, 0) is 13.0 Å². The Kier molecular flexibility index (Phi) is 3.73. The second-order valence-electron chi connectivity index (χ2n) is 5.61. The van der Waals surface area contributed by atoms with E-state index in [1.54, 1.807) is 17.5 Å². The number of carbonyl (C=O) groups is 3. The number of rotatable bonds is 4. The van der Waals surface area contributed by atoms with E-state index < -0.39 is 28.5 Å². The van der Waals surface area contributed by atoms with Crippen molar-refractivity contribution >= 4 is 33.2 Å². The van der Waals surface area contributed by atoms with Gasteiger partial charge in [-0.25, -0.2) is 9.59 Å². The molecule has 0 aromatic carbocycles. The zero-order valence-corrected chi connectivity index (χ0v) is 13.5. The molecule has 1 aromatic rings. The Labute approximate surface area is 135 Å². The highest BCUT2D eigenvalue weighted by molar-refractivity contribution is 7.50. The summed E-state index contributed by atoms with van der Waals surface area (Å²) in [5.41, 5.74) is 0.448. The number of carbonyl (C=O) groups excluding carboxylic acids is 2. The van der Waals surface area contributed by atoms with Crippen LogP contribution >= 0.6 is 10.5 Å². The van der Waals surface area contributed by atoms with Crippen LogP contribution in [0, 0.1) is 5.92 Å². The number of thiophene rings is 1. The first-order valence-electron chi connectivity index (χ1n) is 7.19. The first-order chi connectivity index (χ1) is 10.9. The van der Waals surface area contributed by atoms with Crippen molar-refractivity contribution in [3.05, 3.63) is 28.1 Å². The van der Waals surface area contributed by atoms with Gasteiger partial charge in [0.15, 0.2) is 4.88 Å². The van der Waals surface area contributed by atoms with Gasteiger partial charge in [0, 0.05) is 25.1 Å². The molecule has 0 bridgehead atoms. The SMILES string of the molecule is CNC(=O)[s+]1cccc1C1=C(C(=O)O)N2C(=O)[C@H]([C@@H](C)O)[C@H]2C1. The van der Waals surface area contributed by atoms with Crippen LogP contribution in [-0.4, -0.2) is 51.4 Å². The zero-order valence-electron chi connectivity index (χ0n) is 12.6. The molecule has 0 saturated carbocycles. The minimum absolute atomic E-state index is 0.0618. The Balaban J connectivity index is 2.06. The highest BCUT2D eigenvalue weighted by Crippen LogP contribution is 2.49. The van der Waals surface area contributed by atoms with E-state index in [1.807, 2.05) is 0 Å². The van der Waals surface area contributed by atoms with Gasteiger partial charge in [0.2, 0.25) is 5.91 Å². The molecule has 122 valence electrons. The number of aliphatic carboxylic acids is 1. The van der Waals surface area contributed by atoms with Crippen molar-refractivity contribution < 1.29 is 24.6 Å². The third-order valence-corrected chi connectivity index (χ3v) is 6.22. The Hall–Kier alpha value is -2.19. The normalized spacial score (nSPS) is 25.1. The highest BCUT2D eigenvalue weighted by atomic mass is 32.2. The maximum atomic E-state index is 12.2. The van der Waals surface area contributed by atoms with Crippen LogP contribution in [-0.2, 0) is 9.59 Å². The Morgan fingerprint density at radius 3 is 2.74 bits per heavy atom. The van der Waals surface area contributed by atoms with Gasteiger partial charge in [-0.3, -0.25) is 4.79 Å². The fourth-order valence-corrected chi connectivity index (χ4v) is 4.94. The van der Waals surface area contributed by atoms with Gasteiger partial charge in [-0.15, -0.1) is 0 Å². The average Bonchev–Trinajstić information content (AvgIpc) is 3.07. The van der Waals surface area contributed by atoms with E-state index in [1.165, 1.54) is 18.9 Å². The fourth-order valence-electron chi connectivity index (χ4n) is 3.35. The number of nitrogens with zero attached hydrogens (tertiary/aromatic N) is 1. The molecule has 8 heteroatoms. The molecule has 1 fully saturated rings. The molecule has 2 amide bonds. The van der Waals surface area contributed by atoms with E-state index in [4.69, 9.17) is 0 Å². The van der Waals surface area contributed by atoms with E-state index >= 15 is 0 Å². The number of hydrogen-bond acceptors (Lipinski definition) is 4. The van der Waals surface area contributed by atoms with Gasteiger partial charge in [0.05, 0.1) is 28.5 Å². The standard InChI is InChI=1S/C15H16N2O5S/c1-7(18)11-9-6-8(12(14(20)21)17(9)13(11)19)10-4-3-5-23(10)15(22)16-2/h3-5,7,9,11,18H,6H2,1-2H3,(H-,16,20,21,22)/p+1/t7-,9-,11-,23?/m1/s1. The topological polar surface area (TPSA) is 107 Å². The lowest BCUT2D eigenvalue weighted by molar-refractivity contribution is -0.161. The number of hydrogen-bond donors (Lipinski definition) is 3. The number of carboxylic acids is 1. The first-order valence-corrected chi connectivity index (χ1v) is 8.48. The van der Waals surface area contributed by atoms with Crippen LogP contribution in [0.15, 0.2) is 23.2 Å². The number of aliphatic hydroxyl groups excluding tert-OH is 1. The summed E-state index contributed by atoms with van der Waals surface area (Å²) in [4.78, 5) is 37.7. The summed E-state index contributed by atoms with van der Waals surface area (Å²) < 4.78 is 0. The fraction of sp³-hybridized carbons (Fsp3) is 0.400. The Morgan fingerprint density at radius 2 is 2.17 bits per heavy atom. The Morgan fingerprint density at radius 1 is 1.48 bits per heavy atom. The summed E-state index contributed by atoms with van der Waals surface area (Å²) in [6.07, 6.45) is -0.484. The second kappa shape index (κ2) is 5.47. The highest BCUT2D eigenvalue weighted by Gasteiger charge is 2.57. The maximum Gasteiger partial charge on any atom is 0.456 e.